The smallest absolute Gasteiger partial charge is 0.237 e. The third kappa shape index (κ3) is 3.11. The molecule has 0 radical (unpaired) electrons. The van der Waals surface area contributed by atoms with Crippen LogP contribution in [-0.2, 0) is 5.88 Å². The molecule has 1 heterocycles. The molecule has 0 saturated heterocycles. The van der Waals surface area contributed by atoms with Gasteiger partial charge in [0.2, 0.25) is 5.88 Å². The van der Waals surface area contributed by atoms with Crippen LogP contribution in [-0.4, -0.2) is 17.1 Å². The van der Waals surface area contributed by atoms with Gasteiger partial charge < -0.3 is 9.47 Å². The molecule has 0 amide bonds. The van der Waals surface area contributed by atoms with Crippen molar-refractivity contribution in [3.63, 3.8) is 0 Å². The fourth-order valence-corrected chi connectivity index (χ4v) is 1.85. The van der Waals surface area contributed by atoms with Gasteiger partial charge in [-0.1, -0.05) is 0 Å². The summed E-state index contributed by atoms with van der Waals surface area (Å²) in [5.41, 5.74) is 0.706. The predicted molar refractivity (Wildman–Crippen MR) is 72.4 cm³/mol. The molecule has 0 fully saturated rings. The van der Waals surface area contributed by atoms with E-state index < -0.39 is 0 Å². The fourth-order valence-electron chi connectivity index (χ4n) is 1.27. The van der Waals surface area contributed by atoms with E-state index in [0.717, 1.165) is 10.2 Å². The first-order valence-electron chi connectivity index (χ1n) is 5.11. The van der Waals surface area contributed by atoms with Crippen molar-refractivity contribution >= 4 is 27.5 Å². The largest absolute Gasteiger partial charge is 0.497 e. The van der Waals surface area contributed by atoms with Crippen molar-refractivity contribution in [1.29, 1.82) is 0 Å². The molecule has 0 aliphatic carbocycles. The van der Waals surface area contributed by atoms with Crippen LogP contribution >= 0.6 is 27.5 Å². The summed E-state index contributed by atoms with van der Waals surface area (Å²) < 4.78 is 11.5. The molecule has 0 atom stereocenters. The standard InChI is InChI=1S/C12H10BrClN2O2/c1-17-9-2-3-11(10(13)4-9)18-12-7-15-8(5-14)6-16-12/h2-4,6-7H,5H2,1H3. The van der Waals surface area contributed by atoms with Crippen LogP contribution in [0.5, 0.6) is 17.4 Å². The van der Waals surface area contributed by atoms with Gasteiger partial charge in [0, 0.05) is 0 Å². The normalized spacial score (nSPS) is 10.2. The lowest BCUT2D eigenvalue weighted by atomic mass is 10.3. The lowest BCUT2D eigenvalue weighted by Crippen LogP contribution is -1.93. The second kappa shape index (κ2) is 6.02. The lowest BCUT2D eigenvalue weighted by Gasteiger charge is -2.08. The molecule has 18 heavy (non-hydrogen) atoms. The first-order chi connectivity index (χ1) is 8.72. The van der Waals surface area contributed by atoms with Gasteiger partial charge in [-0.3, -0.25) is 4.98 Å². The van der Waals surface area contributed by atoms with Crippen LogP contribution in [0.2, 0.25) is 0 Å². The SMILES string of the molecule is COc1ccc(Oc2cnc(CCl)cn2)c(Br)c1. The summed E-state index contributed by atoms with van der Waals surface area (Å²) in [5, 5.41) is 0. The number of methoxy groups -OCH3 is 1. The van der Waals surface area contributed by atoms with E-state index in [1.54, 1.807) is 25.4 Å². The molecule has 0 spiro atoms. The minimum atomic E-state index is 0.333. The minimum absolute atomic E-state index is 0.333. The Balaban J connectivity index is 2.17. The third-order valence-corrected chi connectivity index (χ3v) is 3.07. The van der Waals surface area contributed by atoms with Crippen molar-refractivity contribution in [3.05, 3.63) is 40.8 Å². The maximum absolute atomic E-state index is 5.63. The highest BCUT2D eigenvalue weighted by Gasteiger charge is 2.05. The summed E-state index contributed by atoms with van der Waals surface area (Å²) in [5.74, 6) is 2.13. The Morgan fingerprint density at radius 2 is 2.11 bits per heavy atom. The molecule has 0 unspecified atom stereocenters. The van der Waals surface area contributed by atoms with Crippen LogP contribution < -0.4 is 9.47 Å². The first-order valence-corrected chi connectivity index (χ1v) is 6.44. The number of benzene rings is 1. The van der Waals surface area contributed by atoms with Gasteiger partial charge in [0.1, 0.15) is 11.5 Å². The molecule has 0 saturated carbocycles. The third-order valence-electron chi connectivity index (χ3n) is 2.17. The highest BCUT2D eigenvalue weighted by Crippen LogP contribution is 2.31. The topological polar surface area (TPSA) is 44.2 Å². The van der Waals surface area contributed by atoms with Crippen LogP contribution in [0.1, 0.15) is 5.69 Å². The van der Waals surface area contributed by atoms with Gasteiger partial charge in [-0.15, -0.1) is 11.6 Å². The van der Waals surface area contributed by atoms with Gasteiger partial charge in [-0.2, -0.15) is 0 Å². The zero-order valence-corrected chi connectivity index (χ0v) is 11.9. The Kier molecular flexibility index (Phi) is 4.38. The molecule has 4 nitrogen and oxygen atoms in total. The van der Waals surface area contributed by atoms with Gasteiger partial charge in [-0.05, 0) is 34.1 Å². The molecule has 1 aromatic heterocycles. The van der Waals surface area contributed by atoms with Crippen LogP contribution in [0.25, 0.3) is 0 Å². The van der Waals surface area contributed by atoms with Gasteiger partial charge in [-0.25, -0.2) is 4.98 Å². The van der Waals surface area contributed by atoms with Gasteiger partial charge >= 0.3 is 0 Å². The Labute approximate surface area is 118 Å². The number of aromatic nitrogens is 2. The molecule has 0 aliphatic heterocycles. The molecule has 0 aliphatic rings. The van der Waals surface area contributed by atoms with E-state index in [1.165, 1.54) is 6.20 Å². The van der Waals surface area contributed by atoms with E-state index in [2.05, 4.69) is 25.9 Å². The predicted octanol–water partition coefficient (Wildman–Crippen LogP) is 3.78. The average molecular weight is 330 g/mol. The summed E-state index contributed by atoms with van der Waals surface area (Å²) >= 11 is 9.03. The van der Waals surface area contributed by atoms with Crippen LogP contribution in [0.3, 0.4) is 0 Å². The second-order valence-corrected chi connectivity index (χ2v) is 4.50. The zero-order chi connectivity index (χ0) is 13.0. The Morgan fingerprint density at radius 3 is 2.67 bits per heavy atom. The van der Waals surface area contributed by atoms with Gasteiger partial charge in [0.15, 0.2) is 0 Å². The van der Waals surface area contributed by atoms with Gasteiger partial charge in [0.05, 0.1) is 35.6 Å². The number of alkyl halides is 1. The fraction of sp³-hybridized carbons (Fsp3) is 0.167. The highest BCUT2D eigenvalue weighted by molar-refractivity contribution is 9.10. The average Bonchev–Trinajstić information content (AvgIpc) is 2.42. The molecule has 6 heteroatoms. The summed E-state index contributed by atoms with van der Waals surface area (Å²) in [6, 6.07) is 5.41. The molecule has 94 valence electrons. The summed E-state index contributed by atoms with van der Waals surface area (Å²) in [7, 11) is 1.61. The van der Waals surface area contributed by atoms with Crippen LogP contribution in [0.4, 0.5) is 0 Å². The molecule has 1 aromatic carbocycles. The lowest BCUT2D eigenvalue weighted by molar-refractivity contribution is 0.411. The van der Waals surface area contributed by atoms with Crippen molar-refractivity contribution in [2.45, 2.75) is 5.88 Å². The number of rotatable bonds is 4. The van der Waals surface area contributed by atoms with Crippen LogP contribution in [0, 0.1) is 0 Å². The zero-order valence-electron chi connectivity index (χ0n) is 9.56. The number of hydrogen-bond acceptors (Lipinski definition) is 4. The van der Waals surface area contributed by atoms with E-state index in [4.69, 9.17) is 21.1 Å². The molecule has 2 rings (SSSR count). The first kappa shape index (κ1) is 13.1. The minimum Gasteiger partial charge on any atom is -0.497 e. The second-order valence-electron chi connectivity index (χ2n) is 3.38. The van der Waals surface area contributed by atoms with Crippen LogP contribution in [0.15, 0.2) is 35.1 Å². The molecular formula is C12H10BrClN2O2. The van der Waals surface area contributed by atoms with E-state index in [1.807, 2.05) is 6.07 Å². The van der Waals surface area contributed by atoms with E-state index in [-0.39, 0.29) is 0 Å². The Morgan fingerprint density at radius 1 is 1.28 bits per heavy atom. The summed E-state index contributed by atoms with van der Waals surface area (Å²) in [4.78, 5) is 8.20. The van der Waals surface area contributed by atoms with E-state index in [0.29, 0.717) is 23.2 Å². The highest BCUT2D eigenvalue weighted by atomic mass is 79.9. The van der Waals surface area contributed by atoms with Crippen molar-refractivity contribution < 1.29 is 9.47 Å². The molecule has 0 N–H and O–H groups in total. The maximum Gasteiger partial charge on any atom is 0.237 e. The van der Waals surface area contributed by atoms with E-state index in [9.17, 15) is 0 Å². The van der Waals surface area contributed by atoms with Crippen molar-refractivity contribution in [3.8, 4) is 17.4 Å². The molecule has 2 aromatic rings. The van der Waals surface area contributed by atoms with E-state index >= 15 is 0 Å². The van der Waals surface area contributed by atoms with Crippen molar-refractivity contribution in [1.82, 2.24) is 9.97 Å². The molecule has 0 bridgehead atoms. The number of nitrogens with zero attached hydrogens (tertiary/aromatic N) is 2. The number of halogens is 2. The van der Waals surface area contributed by atoms with Gasteiger partial charge in [0.25, 0.3) is 0 Å². The molecular weight excluding hydrogens is 320 g/mol. The maximum atomic E-state index is 5.63. The number of ether oxygens (including phenoxy) is 2. The summed E-state index contributed by atoms with van der Waals surface area (Å²) in [6.45, 7) is 0. The Hall–Kier alpha value is -1.33. The monoisotopic (exact) mass is 328 g/mol. The van der Waals surface area contributed by atoms with Crippen molar-refractivity contribution in [2.24, 2.45) is 0 Å². The number of hydrogen-bond donors (Lipinski definition) is 0. The quantitative estimate of drug-likeness (QED) is 0.801. The van der Waals surface area contributed by atoms with Crippen molar-refractivity contribution in [2.75, 3.05) is 7.11 Å². The summed E-state index contributed by atoms with van der Waals surface area (Å²) in [6.07, 6.45) is 3.12. The Bertz CT molecular complexity index is 534.